The molecule has 142 valence electrons. The molecule has 0 saturated heterocycles. The molecule has 0 fully saturated rings. The van der Waals surface area contributed by atoms with Crippen LogP contribution in [0.1, 0.15) is 42.9 Å². The minimum Gasteiger partial charge on any atom is -0.349 e. The molecule has 2 rings (SSSR count). The third kappa shape index (κ3) is 5.30. The van der Waals surface area contributed by atoms with Gasteiger partial charge in [0.05, 0.1) is 12.2 Å². The van der Waals surface area contributed by atoms with E-state index in [9.17, 15) is 10.1 Å². The van der Waals surface area contributed by atoms with Gasteiger partial charge in [-0.05, 0) is 56.0 Å². The average molecular weight is 364 g/mol. The Morgan fingerprint density at radius 3 is 2.70 bits per heavy atom. The second-order valence-corrected chi connectivity index (χ2v) is 7.31. The Kier molecular flexibility index (Phi) is 6.95. The molecule has 0 bridgehead atoms. The summed E-state index contributed by atoms with van der Waals surface area (Å²) in [4.78, 5) is 18.5. The van der Waals surface area contributed by atoms with Gasteiger partial charge in [0, 0.05) is 31.2 Å². The minimum absolute atomic E-state index is 0.137. The Hall–Kier alpha value is -2.87. The van der Waals surface area contributed by atoms with Gasteiger partial charge in [-0.3, -0.25) is 9.78 Å². The predicted octanol–water partition coefficient (Wildman–Crippen LogP) is 4.11. The van der Waals surface area contributed by atoms with Crippen LogP contribution in [0.4, 0.5) is 0 Å². The number of nitriles is 1. The molecule has 0 aliphatic heterocycles. The molecule has 2 aromatic rings. The largest absolute Gasteiger partial charge is 0.349 e. The van der Waals surface area contributed by atoms with Crippen molar-refractivity contribution in [3.63, 3.8) is 0 Å². The number of likely N-dealkylation sites (N-methyl/N-ethyl adjacent to an activating group) is 1. The number of hydrogen-bond donors (Lipinski definition) is 0. The van der Waals surface area contributed by atoms with E-state index in [0.29, 0.717) is 12.5 Å². The smallest absolute Gasteiger partial charge is 0.264 e. The zero-order valence-corrected chi connectivity index (χ0v) is 16.9. The van der Waals surface area contributed by atoms with Gasteiger partial charge in [0.2, 0.25) is 0 Å². The van der Waals surface area contributed by atoms with Crippen LogP contribution in [-0.2, 0) is 17.9 Å². The second kappa shape index (κ2) is 9.18. The number of rotatable bonds is 7. The van der Waals surface area contributed by atoms with E-state index in [-0.39, 0.29) is 11.5 Å². The van der Waals surface area contributed by atoms with Crippen LogP contribution in [-0.4, -0.2) is 27.4 Å². The zero-order valence-electron chi connectivity index (χ0n) is 16.9. The van der Waals surface area contributed by atoms with Crippen LogP contribution in [0.25, 0.3) is 6.08 Å². The Balaban J connectivity index is 2.21. The fraction of sp³-hybridized carbons (Fsp3) is 0.409. The zero-order chi connectivity index (χ0) is 20.0. The molecule has 5 nitrogen and oxygen atoms in total. The SMILES string of the molecule is Cc1cc(C=C(C#N)C(=O)N(C)Cc2ccccn2)c(C)n1CCC(C)C. The van der Waals surface area contributed by atoms with E-state index in [0.717, 1.165) is 35.6 Å². The van der Waals surface area contributed by atoms with E-state index < -0.39 is 0 Å². The molecule has 0 radical (unpaired) electrons. The van der Waals surface area contributed by atoms with E-state index in [1.54, 1.807) is 19.3 Å². The highest BCUT2D eigenvalue weighted by Gasteiger charge is 2.17. The lowest BCUT2D eigenvalue weighted by molar-refractivity contribution is -0.125. The molecule has 0 unspecified atom stereocenters. The van der Waals surface area contributed by atoms with Gasteiger partial charge in [0.25, 0.3) is 5.91 Å². The summed E-state index contributed by atoms with van der Waals surface area (Å²) >= 11 is 0. The van der Waals surface area contributed by atoms with Crippen molar-refractivity contribution in [2.75, 3.05) is 7.05 Å². The first-order valence-electron chi connectivity index (χ1n) is 9.27. The van der Waals surface area contributed by atoms with Crippen molar-refractivity contribution in [2.45, 2.75) is 47.2 Å². The number of hydrogen-bond acceptors (Lipinski definition) is 3. The van der Waals surface area contributed by atoms with Gasteiger partial charge in [0.15, 0.2) is 0 Å². The van der Waals surface area contributed by atoms with Crippen molar-refractivity contribution in [1.29, 1.82) is 5.26 Å². The third-order valence-electron chi connectivity index (χ3n) is 4.67. The molecule has 2 aromatic heterocycles. The number of carbonyl (C=O) groups excluding carboxylic acids is 1. The number of aryl methyl sites for hydroxylation is 1. The maximum absolute atomic E-state index is 12.7. The molecular formula is C22H28N4O. The predicted molar refractivity (Wildman–Crippen MR) is 108 cm³/mol. The van der Waals surface area contributed by atoms with Crippen LogP contribution < -0.4 is 0 Å². The summed E-state index contributed by atoms with van der Waals surface area (Å²) in [6, 6.07) is 9.68. The average Bonchev–Trinajstić information content (AvgIpc) is 2.91. The highest BCUT2D eigenvalue weighted by atomic mass is 16.2. The van der Waals surface area contributed by atoms with Crippen molar-refractivity contribution >= 4 is 12.0 Å². The van der Waals surface area contributed by atoms with E-state index in [2.05, 4.69) is 36.4 Å². The van der Waals surface area contributed by atoms with E-state index >= 15 is 0 Å². The molecule has 1 amide bonds. The van der Waals surface area contributed by atoms with E-state index in [1.165, 1.54) is 4.90 Å². The molecule has 0 N–H and O–H groups in total. The summed E-state index contributed by atoms with van der Waals surface area (Å²) in [6.45, 7) is 9.82. The maximum Gasteiger partial charge on any atom is 0.264 e. The molecule has 0 saturated carbocycles. The van der Waals surface area contributed by atoms with Crippen LogP contribution in [0.3, 0.4) is 0 Å². The normalized spacial score (nSPS) is 11.5. The lowest BCUT2D eigenvalue weighted by Crippen LogP contribution is -2.27. The fourth-order valence-electron chi connectivity index (χ4n) is 3.01. The standard InChI is InChI=1S/C22H28N4O/c1-16(2)9-11-26-17(3)12-19(18(26)4)13-20(14-23)22(27)25(5)15-21-8-6-7-10-24-21/h6-8,10,12-13,16H,9,11,15H2,1-5H3. The number of carbonyl (C=O) groups is 1. The fourth-order valence-corrected chi connectivity index (χ4v) is 3.01. The molecule has 5 heteroatoms. The summed E-state index contributed by atoms with van der Waals surface area (Å²) in [7, 11) is 1.69. The first-order chi connectivity index (χ1) is 12.8. The molecule has 2 heterocycles. The summed E-state index contributed by atoms with van der Waals surface area (Å²) in [5.41, 5.74) is 4.08. The lowest BCUT2D eigenvalue weighted by atomic mass is 10.1. The van der Waals surface area contributed by atoms with Gasteiger partial charge in [-0.1, -0.05) is 19.9 Å². The van der Waals surface area contributed by atoms with E-state index in [4.69, 9.17) is 0 Å². The summed E-state index contributed by atoms with van der Waals surface area (Å²) in [5.74, 6) is 0.330. The highest BCUT2D eigenvalue weighted by Crippen LogP contribution is 2.20. The van der Waals surface area contributed by atoms with Crippen LogP contribution in [0, 0.1) is 31.1 Å². The van der Waals surface area contributed by atoms with Crippen molar-refractivity contribution in [3.8, 4) is 6.07 Å². The van der Waals surface area contributed by atoms with Crippen LogP contribution in [0.15, 0.2) is 36.0 Å². The van der Waals surface area contributed by atoms with Crippen molar-refractivity contribution < 1.29 is 4.79 Å². The second-order valence-electron chi connectivity index (χ2n) is 7.31. The van der Waals surface area contributed by atoms with Crippen LogP contribution in [0.5, 0.6) is 0 Å². The Morgan fingerprint density at radius 2 is 2.11 bits per heavy atom. The quantitative estimate of drug-likeness (QED) is 0.549. The lowest BCUT2D eigenvalue weighted by Gasteiger charge is -2.16. The van der Waals surface area contributed by atoms with Gasteiger partial charge in [-0.15, -0.1) is 0 Å². The first kappa shape index (κ1) is 20.4. The van der Waals surface area contributed by atoms with Gasteiger partial charge in [-0.25, -0.2) is 0 Å². The monoisotopic (exact) mass is 364 g/mol. The number of amides is 1. The molecular weight excluding hydrogens is 336 g/mol. The van der Waals surface area contributed by atoms with Gasteiger partial charge >= 0.3 is 0 Å². The minimum atomic E-state index is -0.296. The molecule has 0 atom stereocenters. The van der Waals surface area contributed by atoms with Crippen LogP contribution >= 0.6 is 0 Å². The maximum atomic E-state index is 12.7. The third-order valence-corrected chi connectivity index (χ3v) is 4.67. The van der Waals surface area contributed by atoms with Gasteiger partial charge in [-0.2, -0.15) is 5.26 Å². The summed E-state index contributed by atoms with van der Waals surface area (Å²) in [5, 5.41) is 9.53. The van der Waals surface area contributed by atoms with Crippen molar-refractivity contribution in [2.24, 2.45) is 5.92 Å². The van der Waals surface area contributed by atoms with Crippen molar-refractivity contribution in [1.82, 2.24) is 14.5 Å². The number of aromatic nitrogens is 2. The number of pyridine rings is 1. The summed E-state index contributed by atoms with van der Waals surface area (Å²) in [6.07, 6.45) is 4.49. The van der Waals surface area contributed by atoms with Gasteiger partial charge in [0.1, 0.15) is 11.6 Å². The van der Waals surface area contributed by atoms with E-state index in [1.807, 2.05) is 31.2 Å². The number of nitrogens with zero attached hydrogens (tertiary/aromatic N) is 4. The van der Waals surface area contributed by atoms with Crippen molar-refractivity contribution in [3.05, 3.63) is 58.7 Å². The first-order valence-corrected chi connectivity index (χ1v) is 9.27. The van der Waals surface area contributed by atoms with Crippen LogP contribution in [0.2, 0.25) is 0 Å². The van der Waals surface area contributed by atoms with Gasteiger partial charge < -0.3 is 9.47 Å². The molecule has 27 heavy (non-hydrogen) atoms. The molecule has 0 spiro atoms. The molecule has 0 aliphatic carbocycles. The summed E-state index contributed by atoms with van der Waals surface area (Å²) < 4.78 is 2.25. The topological polar surface area (TPSA) is 61.9 Å². The Labute approximate surface area is 161 Å². The Morgan fingerprint density at radius 1 is 1.37 bits per heavy atom. The Bertz CT molecular complexity index is 856. The molecule has 0 aliphatic rings. The molecule has 0 aromatic carbocycles. The highest BCUT2D eigenvalue weighted by molar-refractivity contribution is 6.01.